The average molecular weight is 1870 g/mol. The fraction of sp³-hybridized carbons (Fsp3) is 0. The molecule has 0 aliphatic heterocycles. The van der Waals surface area contributed by atoms with E-state index in [4.69, 9.17) is 8.83 Å². The third kappa shape index (κ3) is 13.3. The molecule has 139 heavy (non-hydrogen) atoms. The molecule has 30 rings (SSSR count). The Labute approximate surface area is 817 Å². The zero-order chi connectivity index (χ0) is 91.3. The molecule has 0 aliphatic rings. The second kappa shape index (κ2) is 33.0. The molecule has 13 heteroatoms. The van der Waals surface area contributed by atoms with E-state index in [1.807, 2.05) is 80.9 Å². The summed E-state index contributed by atoms with van der Waals surface area (Å²) in [6.45, 7) is 0. The van der Waals surface area contributed by atoms with Gasteiger partial charge < -0.3 is 37.2 Å². The number of fused-ring (bicyclic) bond motifs is 27. The molecule has 10 heterocycles. The maximum Gasteiger partial charge on any atom is 0.137 e. The van der Waals surface area contributed by atoms with Gasteiger partial charge in [-0.2, -0.15) is 0 Å². The number of hydrogen-bond donors (Lipinski definition) is 0. The first-order valence-corrected chi connectivity index (χ1v) is 50.8. The predicted molar refractivity (Wildman–Crippen MR) is 598 cm³/mol. The van der Waals surface area contributed by atoms with E-state index in [0.717, 1.165) is 83.7 Å². The summed E-state index contributed by atoms with van der Waals surface area (Å²) < 4.78 is 33.1. The van der Waals surface area contributed by atoms with Crippen LogP contribution in [0.25, 0.3) is 206 Å². The minimum Gasteiger partial charge on any atom is -0.456 e. The van der Waals surface area contributed by atoms with Gasteiger partial charge in [0, 0.05) is 168 Å². The minimum atomic E-state index is 0.860. The summed E-state index contributed by atoms with van der Waals surface area (Å²) in [6, 6.07) is 170. The number of hydrogen-bond acceptors (Lipinski definition) is 10. The fourth-order valence-corrected chi connectivity index (χ4v) is 27.5. The predicted octanol–water partition coefficient (Wildman–Crippen LogP) is 38.6. The van der Waals surface area contributed by atoms with Gasteiger partial charge in [-0.25, -0.2) is 0 Å². The highest BCUT2D eigenvalue weighted by Gasteiger charge is 2.29. The highest BCUT2D eigenvalue weighted by molar-refractivity contribution is 7.28. The molecule has 0 N–H and O–H groups in total. The Morgan fingerprint density at radius 2 is 0.468 bits per heavy atom. The van der Waals surface area contributed by atoms with E-state index in [9.17, 15) is 0 Å². The first-order chi connectivity index (χ1) is 69.0. The van der Waals surface area contributed by atoms with Crippen LogP contribution in [0.3, 0.4) is 0 Å². The van der Waals surface area contributed by atoms with Crippen LogP contribution in [0.5, 0.6) is 0 Å². The van der Waals surface area contributed by atoms with Crippen molar-refractivity contribution in [1.82, 2.24) is 13.7 Å². The Kier molecular flexibility index (Phi) is 19.1. The summed E-state index contributed by atoms with van der Waals surface area (Å²) in [5.74, 6) is 0. The number of thiophene rings is 5. The first kappa shape index (κ1) is 80.6. The molecule has 0 unspecified atom stereocenters. The molecule has 0 saturated heterocycles. The number of anilines is 9. The molecule has 0 saturated carbocycles. The van der Waals surface area contributed by atoms with E-state index >= 15 is 0 Å². The smallest absolute Gasteiger partial charge is 0.137 e. The Balaban J connectivity index is 0.000000103. The van der Waals surface area contributed by atoms with Crippen molar-refractivity contribution in [2.24, 2.45) is 0 Å². The van der Waals surface area contributed by atoms with Crippen LogP contribution >= 0.6 is 56.7 Å². The van der Waals surface area contributed by atoms with Gasteiger partial charge in [0.05, 0.1) is 68.0 Å². The maximum atomic E-state index is 6.42. The second-order valence-electron chi connectivity index (χ2n) is 35.2. The third-order valence-corrected chi connectivity index (χ3v) is 33.4. The molecule has 30 aromatic rings. The van der Waals surface area contributed by atoms with Gasteiger partial charge in [-0.15, -0.1) is 56.7 Å². The number of furan rings is 2. The summed E-state index contributed by atoms with van der Waals surface area (Å²) in [4.78, 5) is 7.14. The lowest BCUT2D eigenvalue weighted by Gasteiger charge is -2.26. The Morgan fingerprint density at radius 3 is 0.885 bits per heavy atom. The molecule has 0 aliphatic carbocycles. The quantitative estimate of drug-likeness (QED) is 0.115. The van der Waals surface area contributed by atoms with Gasteiger partial charge in [0.2, 0.25) is 0 Å². The standard InChI is InChI=1S/C44H26N2O2S.C44H26N2S3.C38H26N2S/c2*1-2-11-27(12-3-1)46-36-17-7-4-15-34(36)44-42(46)35-16-10-18-37(43(35)49-44)45(28-21-23-32-30-13-5-8-19-38(30)47-40(32)25-28)29-22-24-33-31-14-6-9-20-39(31)48-41(33)26-29;1-4-13-28(14-5-1)39(29-15-6-2-7-16-29)31-25-23-27(24-26-31)32-20-12-21-34-36-38(41-37(32)34)33-19-10-11-22-35(33)40(36)30-17-8-3-9-18-30/h2*1-26H;1-26H. The minimum absolute atomic E-state index is 0.860. The van der Waals surface area contributed by atoms with Crippen LogP contribution in [0.1, 0.15) is 0 Å². The summed E-state index contributed by atoms with van der Waals surface area (Å²) in [6.07, 6.45) is 0. The number of aromatic nitrogens is 3. The number of benzene rings is 20. The van der Waals surface area contributed by atoms with Gasteiger partial charge in [0.1, 0.15) is 22.3 Å². The van der Waals surface area contributed by atoms with Crippen molar-refractivity contribution in [1.29, 1.82) is 0 Å². The lowest BCUT2D eigenvalue weighted by molar-refractivity contribution is 0.669. The van der Waals surface area contributed by atoms with Gasteiger partial charge >= 0.3 is 0 Å². The van der Waals surface area contributed by atoms with Gasteiger partial charge in [0.15, 0.2) is 0 Å². The van der Waals surface area contributed by atoms with Crippen molar-refractivity contribution < 1.29 is 8.83 Å². The van der Waals surface area contributed by atoms with Crippen molar-refractivity contribution in [3.63, 3.8) is 0 Å². The summed E-state index contributed by atoms with van der Waals surface area (Å²) >= 11 is 9.41. The molecular weight excluding hydrogens is 1790 g/mol. The first-order valence-electron chi connectivity index (χ1n) is 46.7. The SMILES string of the molecule is c1ccc(-n2c3ccccc3c3sc4c(N(c5ccc6c(c5)oc5ccccc56)c5ccc6c(c5)oc5ccccc56)cccc4c32)cc1.c1ccc(-n2c3ccccc3c3sc4c(N(c5ccc6c(c5)sc5ccccc56)c5ccc6c(c5)sc5ccccc56)cccc4c32)cc1.c1ccc(N(c2ccccc2)c2ccc(-c3cccc4c3sc3c5ccccc5n(-c5ccccc5)c43)cc2)cc1. The largest absolute Gasteiger partial charge is 0.456 e. The topological polar surface area (TPSA) is 50.8 Å². The van der Waals surface area contributed by atoms with Gasteiger partial charge in [-0.1, -0.05) is 285 Å². The van der Waals surface area contributed by atoms with E-state index in [-0.39, 0.29) is 0 Å². The molecule has 0 radical (unpaired) electrons. The van der Waals surface area contributed by atoms with E-state index < -0.39 is 0 Å². The van der Waals surface area contributed by atoms with Crippen LogP contribution in [-0.4, -0.2) is 13.7 Å². The molecule has 20 aromatic carbocycles. The van der Waals surface area contributed by atoms with Gasteiger partial charge in [0.25, 0.3) is 0 Å². The van der Waals surface area contributed by atoms with Gasteiger partial charge in [-0.05, 0) is 187 Å². The van der Waals surface area contributed by atoms with Crippen LogP contribution in [0.15, 0.2) is 482 Å². The lowest BCUT2D eigenvalue weighted by atomic mass is 10.0. The highest BCUT2D eigenvalue weighted by atomic mass is 32.1. The fourth-order valence-electron chi connectivity index (χ4n) is 21.2. The zero-order valence-electron chi connectivity index (χ0n) is 74.6. The van der Waals surface area contributed by atoms with Gasteiger partial charge in [-0.3, -0.25) is 0 Å². The molecule has 0 spiro atoms. The number of rotatable bonds is 13. The summed E-state index contributed by atoms with van der Waals surface area (Å²) in [5.41, 5.74) is 27.1. The Hall–Kier alpha value is -16.9. The van der Waals surface area contributed by atoms with Crippen LogP contribution < -0.4 is 14.7 Å². The van der Waals surface area contributed by atoms with Crippen molar-refractivity contribution in [2.45, 2.75) is 0 Å². The molecule has 0 bridgehead atoms. The van der Waals surface area contributed by atoms with E-state index in [2.05, 4.69) is 477 Å². The van der Waals surface area contributed by atoms with Crippen LogP contribution in [0.2, 0.25) is 0 Å². The molecule has 8 nitrogen and oxygen atoms in total. The Morgan fingerprint density at radius 1 is 0.173 bits per heavy atom. The Bertz CT molecular complexity index is 9390. The van der Waals surface area contributed by atoms with Crippen LogP contribution in [-0.2, 0) is 0 Å². The number of nitrogens with zero attached hydrogens (tertiary/aromatic N) is 6. The van der Waals surface area contributed by atoms with Crippen molar-refractivity contribution in [2.75, 3.05) is 14.7 Å². The third-order valence-electron chi connectivity index (χ3n) is 27.3. The van der Waals surface area contributed by atoms with E-state index in [0.29, 0.717) is 0 Å². The zero-order valence-corrected chi connectivity index (χ0v) is 78.7. The molecular formula is C126H78N6O2S5. The number of para-hydroxylation sites is 10. The van der Waals surface area contributed by atoms with Crippen molar-refractivity contribution in [3.8, 4) is 28.2 Å². The van der Waals surface area contributed by atoms with E-state index in [1.54, 1.807) is 0 Å². The molecule has 0 fully saturated rings. The second-order valence-corrected chi connectivity index (χ2v) is 40.5. The molecule has 10 aromatic heterocycles. The molecule has 0 atom stereocenters. The highest BCUT2D eigenvalue weighted by Crippen LogP contribution is 2.55. The summed E-state index contributed by atoms with van der Waals surface area (Å²) in [7, 11) is 0. The average Bonchev–Trinajstić information content (AvgIpc) is 1.56. The van der Waals surface area contributed by atoms with Crippen molar-refractivity contribution >= 4 is 286 Å². The van der Waals surface area contributed by atoms with Crippen molar-refractivity contribution in [3.05, 3.63) is 473 Å². The van der Waals surface area contributed by atoms with Crippen LogP contribution in [0, 0.1) is 0 Å². The van der Waals surface area contributed by atoms with E-state index in [1.165, 1.54) is 174 Å². The van der Waals surface area contributed by atoms with Crippen LogP contribution in [0.4, 0.5) is 51.2 Å². The summed E-state index contributed by atoms with van der Waals surface area (Å²) in [5, 5.41) is 17.4. The normalized spacial score (nSPS) is 11.9. The lowest BCUT2D eigenvalue weighted by Crippen LogP contribution is -2.10. The maximum absolute atomic E-state index is 6.42. The molecule has 654 valence electrons. The molecule has 0 amide bonds. The monoisotopic (exact) mass is 1870 g/mol.